The zero-order valence-electron chi connectivity index (χ0n) is 12.2. The average Bonchev–Trinajstić information content (AvgIpc) is 2.44. The van der Waals surface area contributed by atoms with E-state index >= 15 is 0 Å². The van der Waals surface area contributed by atoms with Gasteiger partial charge in [0, 0.05) is 28.8 Å². The van der Waals surface area contributed by atoms with Crippen LogP contribution in [-0.4, -0.2) is 12.5 Å². The molecule has 0 aliphatic rings. The van der Waals surface area contributed by atoms with Crippen molar-refractivity contribution in [3.8, 4) is 0 Å². The molecule has 4 heteroatoms. The van der Waals surface area contributed by atoms with Gasteiger partial charge in [0.1, 0.15) is 0 Å². The summed E-state index contributed by atoms with van der Waals surface area (Å²) < 4.78 is 1.06. The monoisotopic (exact) mass is 346 g/mol. The first kappa shape index (κ1) is 15.6. The lowest BCUT2D eigenvalue weighted by Gasteiger charge is -2.10. The number of hydrogen-bond donors (Lipinski definition) is 2. The van der Waals surface area contributed by atoms with E-state index in [1.54, 1.807) is 0 Å². The van der Waals surface area contributed by atoms with Crippen molar-refractivity contribution in [3.05, 3.63) is 58.1 Å². The lowest BCUT2D eigenvalue weighted by molar-refractivity contribution is -0.115. The van der Waals surface area contributed by atoms with Gasteiger partial charge < -0.3 is 10.6 Å². The number of benzene rings is 2. The Labute approximate surface area is 133 Å². The second-order valence-corrected chi connectivity index (χ2v) is 5.97. The predicted octanol–water partition coefficient (Wildman–Crippen LogP) is 4.51. The molecule has 0 fully saturated rings. The average molecular weight is 347 g/mol. The van der Waals surface area contributed by atoms with Gasteiger partial charge in [-0.15, -0.1) is 0 Å². The van der Waals surface area contributed by atoms with Gasteiger partial charge in [0.05, 0.1) is 0 Å². The summed E-state index contributed by atoms with van der Waals surface area (Å²) >= 11 is 3.44. The predicted molar refractivity (Wildman–Crippen MR) is 91.8 cm³/mol. The van der Waals surface area contributed by atoms with Crippen LogP contribution in [0.4, 0.5) is 11.4 Å². The van der Waals surface area contributed by atoms with Crippen molar-refractivity contribution in [1.29, 1.82) is 0 Å². The first-order chi connectivity index (χ1) is 10.0. The van der Waals surface area contributed by atoms with E-state index in [2.05, 4.69) is 32.6 Å². The molecule has 0 heterocycles. The van der Waals surface area contributed by atoms with E-state index in [0.29, 0.717) is 13.0 Å². The molecule has 0 aliphatic heterocycles. The topological polar surface area (TPSA) is 41.1 Å². The van der Waals surface area contributed by atoms with Crippen LogP contribution in [0.25, 0.3) is 0 Å². The van der Waals surface area contributed by atoms with E-state index in [1.807, 2.05) is 50.2 Å². The molecule has 0 spiro atoms. The highest BCUT2D eigenvalue weighted by atomic mass is 79.9. The van der Waals surface area contributed by atoms with Crippen molar-refractivity contribution in [2.45, 2.75) is 20.3 Å². The molecule has 110 valence electrons. The van der Waals surface area contributed by atoms with Gasteiger partial charge in [-0.2, -0.15) is 0 Å². The molecular weight excluding hydrogens is 328 g/mol. The van der Waals surface area contributed by atoms with Gasteiger partial charge in [0.15, 0.2) is 0 Å². The standard InChI is InChI=1S/C17H19BrN2O/c1-12-3-6-15(7-4-12)20-17(21)9-10-19-16-8-5-14(18)11-13(16)2/h3-8,11,19H,9-10H2,1-2H3,(H,20,21). The van der Waals surface area contributed by atoms with E-state index in [4.69, 9.17) is 0 Å². The summed E-state index contributed by atoms with van der Waals surface area (Å²) in [7, 11) is 0. The molecule has 1 amide bonds. The van der Waals surface area contributed by atoms with Crippen LogP contribution in [-0.2, 0) is 4.79 Å². The summed E-state index contributed by atoms with van der Waals surface area (Å²) in [5, 5.41) is 6.18. The van der Waals surface area contributed by atoms with Crippen molar-refractivity contribution in [2.24, 2.45) is 0 Å². The molecule has 2 aromatic rings. The Hall–Kier alpha value is -1.81. The number of anilines is 2. The quantitative estimate of drug-likeness (QED) is 0.836. The van der Waals surface area contributed by atoms with Crippen molar-refractivity contribution in [2.75, 3.05) is 17.2 Å². The highest BCUT2D eigenvalue weighted by Crippen LogP contribution is 2.19. The molecule has 21 heavy (non-hydrogen) atoms. The molecule has 0 radical (unpaired) electrons. The zero-order valence-corrected chi connectivity index (χ0v) is 13.8. The van der Waals surface area contributed by atoms with Gasteiger partial charge in [-0.25, -0.2) is 0 Å². The summed E-state index contributed by atoms with van der Waals surface area (Å²) in [5.74, 6) is 0.0149. The molecule has 2 rings (SSSR count). The van der Waals surface area contributed by atoms with Crippen LogP contribution >= 0.6 is 15.9 Å². The summed E-state index contributed by atoms with van der Waals surface area (Å²) in [6, 6.07) is 13.9. The third-order valence-corrected chi connectivity index (χ3v) is 3.68. The van der Waals surface area contributed by atoms with Gasteiger partial charge in [0.2, 0.25) is 5.91 Å². The number of aryl methyl sites for hydroxylation is 2. The Morgan fingerprint density at radius 1 is 1.10 bits per heavy atom. The van der Waals surface area contributed by atoms with E-state index in [-0.39, 0.29) is 5.91 Å². The molecule has 0 aliphatic carbocycles. The largest absolute Gasteiger partial charge is 0.384 e. The Morgan fingerprint density at radius 3 is 2.48 bits per heavy atom. The second kappa shape index (κ2) is 7.27. The summed E-state index contributed by atoms with van der Waals surface area (Å²) in [6.45, 7) is 4.68. The van der Waals surface area contributed by atoms with Crippen molar-refractivity contribution in [1.82, 2.24) is 0 Å². The number of halogens is 1. The molecule has 2 aromatic carbocycles. The third kappa shape index (κ3) is 4.90. The van der Waals surface area contributed by atoms with E-state index in [1.165, 1.54) is 5.56 Å². The Bertz CT molecular complexity index is 623. The van der Waals surface area contributed by atoms with E-state index in [0.717, 1.165) is 21.4 Å². The Morgan fingerprint density at radius 2 is 1.81 bits per heavy atom. The van der Waals surface area contributed by atoms with Gasteiger partial charge in [-0.3, -0.25) is 4.79 Å². The number of carbonyl (C=O) groups excluding carboxylic acids is 1. The van der Waals surface area contributed by atoms with E-state index in [9.17, 15) is 4.79 Å². The van der Waals surface area contributed by atoms with Crippen LogP contribution in [0.2, 0.25) is 0 Å². The van der Waals surface area contributed by atoms with Crippen LogP contribution in [0.1, 0.15) is 17.5 Å². The maximum atomic E-state index is 11.9. The zero-order chi connectivity index (χ0) is 15.2. The summed E-state index contributed by atoms with van der Waals surface area (Å²) in [6.07, 6.45) is 0.434. The van der Waals surface area contributed by atoms with Crippen LogP contribution in [0.15, 0.2) is 46.9 Å². The first-order valence-corrected chi connectivity index (χ1v) is 7.70. The minimum Gasteiger partial charge on any atom is -0.384 e. The van der Waals surface area contributed by atoms with Crippen molar-refractivity contribution < 1.29 is 4.79 Å². The maximum absolute atomic E-state index is 11.9. The molecule has 2 N–H and O–H groups in total. The lowest BCUT2D eigenvalue weighted by Crippen LogP contribution is -2.16. The maximum Gasteiger partial charge on any atom is 0.226 e. The van der Waals surface area contributed by atoms with Crippen molar-refractivity contribution >= 4 is 33.2 Å². The van der Waals surface area contributed by atoms with Gasteiger partial charge in [-0.05, 0) is 49.7 Å². The number of rotatable bonds is 5. The summed E-state index contributed by atoms with van der Waals surface area (Å²) in [4.78, 5) is 11.9. The highest BCUT2D eigenvalue weighted by Gasteiger charge is 2.03. The van der Waals surface area contributed by atoms with Crippen molar-refractivity contribution in [3.63, 3.8) is 0 Å². The van der Waals surface area contributed by atoms with Gasteiger partial charge in [-0.1, -0.05) is 33.6 Å². The molecule has 0 bridgehead atoms. The number of nitrogens with one attached hydrogen (secondary N) is 2. The minimum atomic E-state index is 0.0149. The molecule has 0 atom stereocenters. The molecular formula is C17H19BrN2O. The number of amides is 1. The van der Waals surface area contributed by atoms with Crippen LogP contribution in [0.5, 0.6) is 0 Å². The molecule has 3 nitrogen and oxygen atoms in total. The first-order valence-electron chi connectivity index (χ1n) is 6.91. The molecule has 0 unspecified atom stereocenters. The second-order valence-electron chi connectivity index (χ2n) is 5.05. The lowest BCUT2D eigenvalue weighted by atomic mass is 10.2. The molecule has 0 aromatic heterocycles. The van der Waals surface area contributed by atoms with Crippen LogP contribution in [0, 0.1) is 13.8 Å². The summed E-state index contributed by atoms with van der Waals surface area (Å²) in [5.41, 5.74) is 4.23. The number of hydrogen-bond acceptors (Lipinski definition) is 2. The van der Waals surface area contributed by atoms with Gasteiger partial charge in [0.25, 0.3) is 0 Å². The highest BCUT2D eigenvalue weighted by molar-refractivity contribution is 9.10. The fraction of sp³-hybridized carbons (Fsp3) is 0.235. The third-order valence-electron chi connectivity index (χ3n) is 3.19. The van der Waals surface area contributed by atoms with E-state index < -0.39 is 0 Å². The fourth-order valence-electron chi connectivity index (χ4n) is 2.00. The van der Waals surface area contributed by atoms with Gasteiger partial charge >= 0.3 is 0 Å². The SMILES string of the molecule is Cc1ccc(NC(=O)CCNc2ccc(Br)cc2C)cc1. The Balaban J connectivity index is 1.80. The van der Waals surface area contributed by atoms with Crippen LogP contribution < -0.4 is 10.6 Å². The number of carbonyl (C=O) groups is 1. The minimum absolute atomic E-state index is 0.0149. The molecule has 0 saturated carbocycles. The molecule has 0 saturated heterocycles. The Kier molecular flexibility index (Phi) is 5.39. The smallest absolute Gasteiger partial charge is 0.226 e. The normalized spacial score (nSPS) is 10.2. The fourth-order valence-corrected chi connectivity index (χ4v) is 2.47. The van der Waals surface area contributed by atoms with Crippen LogP contribution in [0.3, 0.4) is 0 Å².